The van der Waals surface area contributed by atoms with Crippen LogP contribution in [0.1, 0.15) is 19.8 Å². The Hall–Kier alpha value is -0.170. The first kappa shape index (κ1) is 11.9. The van der Waals surface area contributed by atoms with Crippen molar-refractivity contribution in [3.05, 3.63) is 0 Å². The molecule has 96 valence electrons. The third kappa shape index (κ3) is 1.44. The summed E-state index contributed by atoms with van der Waals surface area (Å²) in [6.07, 6.45) is 0.494. The van der Waals surface area contributed by atoms with Crippen molar-refractivity contribution in [1.82, 2.24) is 0 Å². The highest BCUT2D eigenvalue weighted by molar-refractivity contribution is 9.10. The van der Waals surface area contributed by atoms with Gasteiger partial charge in [-0.2, -0.15) is 0 Å². The number of rotatable bonds is 2. The number of methoxy groups -OCH3 is 1. The summed E-state index contributed by atoms with van der Waals surface area (Å²) in [6, 6.07) is 0. The monoisotopic (exact) mass is 306 g/mol. The average Bonchev–Trinajstić information content (AvgIpc) is 2.34. The second kappa shape index (κ2) is 3.91. The van der Waals surface area contributed by atoms with Gasteiger partial charge < -0.3 is 18.9 Å². The second-order valence-electron chi connectivity index (χ2n) is 4.71. The van der Waals surface area contributed by atoms with E-state index in [-0.39, 0.29) is 30.4 Å². The molecule has 4 fully saturated rings. The molecule has 0 unspecified atom stereocenters. The minimum absolute atomic E-state index is 0.135. The Labute approximate surface area is 108 Å². The van der Waals surface area contributed by atoms with Crippen molar-refractivity contribution < 1.29 is 23.7 Å². The Bertz CT molecular complexity index is 349. The van der Waals surface area contributed by atoms with Gasteiger partial charge in [0.1, 0.15) is 0 Å². The molecule has 0 aromatic carbocycles. The lowest BCUT2D eigenvalue weighted by Crippen LogP contribution is -2.70. The lowest BCUT2D eigenvalue weighted by Gasteiger charge is -2.59. The van der Waals surface area contributed by atoms with Crippen LogP contribution in [0.15, 0.2) is 0 Å². The summed E-state index contributed by atoms with van der Waals surface area (Å²) in [5.41, 5.74) is 0. The maximum absolute atomic E-state index is 12.0. The zero-order valence-electron chi connectivity index (χ0n) is 9.72. The van der Waals surface area contributed by atoms with Crippen molar-refractivity contribution in [2.45, 2.75) is 43.0 Å². The lowest BCUT2D eigenvalue weighted by molar-refractivity contribution is -0.453. The van der Waals surface area contributed by atoms with E-state index in [0.717, 1.165) is 6.42 Å². The molecule has 17 heavy (non-hydrogen) atoms. The van der Waals surface area contributed by atoms with E-state index in [9.17, 15) is 4.79 Å². The second-order valence-corrected chi connectivity index (χ2v) is 6.02. The summed E-state index contributed by atoms with van der Waals surface area (Å²) >= 11 is 3.51. The molecule has 0 radical (unpaired) electrons. The van der Waals surface area contributed by atoms with Crippen molar-refractivity contribution >= 4 is 21.9 Å². The molecule has 6 heteroatoms. The van der Waals surface area contributed by atoms with Gasteiger partial charge in [-0.15, -0.1) is 0 Å². The van der Waals surface area contributed by atoms with Gasteiger partial charge in [-0.1, -0.05) is 22.9 Å². The molecule has 0 saturated carbocycles. The highest BCUT2D eigenvalue weighted by Gasteiger charge is 2.67. The van der Waals surface area contributed by atoms with Gasteiger partial charge in [0.15, 0.2) is 23.2 Å². The number of halogens is 1. The van der Waals surface area contributed by atoms with E-state index in [0.29, 0.717) is 6.42 Å². The first-order valence-corrected chi connectivity index (χ1v) is 6.64. The maximum Gasteiger partial charge on any atom is 0.328 e. The van der Waals surface area contributed by atoms with Crippen molar-refractivity contribution in [3.8, 4) is 0 Å². The maximum atomic E-state index is 12.0. The van der Waals surface area contributed by atoms with Crippen LogP contribution in [0.2, 0.25) is 0 Å². The smallest absolute Gasteiger partial charge is 0.328 e. The zero-order valence-corrected chi connectivity index (χ0v) is 11.3. The number of alkyl halides is 1. The minimum Gasteiger partial charge on any atom is -0.468 e. The molecule has 4 aliphatic rings. The molecular weight excluding hydrogens is 292 g/mol. The largest absolute Gasteiger partial charge is 0.468 e. The minimum atomic E-state index is -0.890. The first-order valence-electron chi connectivity index (χ1n) is 5.85. The van der Waals surface area contributed by atoms with Crippen LogP contribution in [0.5, 0.6) is 0 Å². The van der Waals surface area contributed by atoms with E-state index in [1.807, 2.05) is 0 Å². The standard InChI is InChI=1S/C11H15BrO5/c1-3-5-6-4-7-15-8(5)17-10(16-7)11(6,12)9(13)14-2/h5-8,10H,3-4H2,1-2H3/t5-,6+,7-,8+,10-,11+/m1/s1. The fourth-order valence-corrected chi connectivity index (χ4v) is 4.03. The fraction of sp³-hybridized carbons (Fsp3) is 0.909. The van der Waals surface area contributed by atoms with Gasteiger partial charge in [-0.25, -0.2) is 0 Å². The van der Waals surface area contributed by atoms with Crippen molar-refractivity contribution in [2.24, 2.45) is 11.8 Å². The number of esters is 1. The third-order valence-electron chi connectivity index (χ3n) is 3.98. The summed E-state index contributed by atoms with van der Waals surface area (Å²) in [4.78, 5) is 12.0. The van der Waals surface area contributed by atoms with E-state index in [2.05, 4.69) is 22.9 Å². The van der Waals surface area contributed by atoms with E-state index in [1.165, 1.54) is 7.11 Å². The molecule has 4 heterocycles. The number of hydrogen-bond acceptors (Lipinski definition) is 5. The van der Waals surface area contributed by atoms with E-state index in [1.54, 1.807) is 0 Å². The quantitative estimate of drug-likeness (QED) is 0.570. The highest BCUT2D eigenvalue weighted by Crippen LogP contribution is 2.55. The summed E-state index contributed by atoms with van der Waals surface area (Å²) in [7, 11) is 1.38. The Morgan fingerprint density at radius 2 is 2.24 bits per heavy atom. The third-order valence-corrected chi connectivity index (χ3v) is 5.27. The fourth-order valence-electron chi connectivity index (χ4n) is 3.13. The van der Waals surface area contributed by atoms with Crippen LogP contribution in [-0.4, -0.2) is 36.3 Å². The average molecular weight is 307 g/mol. The number of ether oxygens (including phenoxy) is 4. The normalized spacial score (nSPS) is 51.6. The van der Waals surface area contributed by atoms with Crippen LogP contribution in [-0.2, 0) is 23.7 Å². The molecule has 5 nitrogen and oxygen atoms in total. The van der Waals surface area contributed by atoms with Gasteiger partial charge in [0.2, 0.25) is 0 Å². The number of carbonyl (C=O) groups is 1. The predicted octanol–water partition coefficient (Wildman–Crippen LogP) is 1.39. The van der Waals surface area contributed by atoms with Crippen LogP contribution in [0.25, 0.3) is 0 Å². The molecule has 4 rings (SSSR count). The van der Waals surface area contributed by atoms with Crippen LogP contribution in [0.4, 0.5) is 0 Å². The molecule has 4 bridgehead atoms. The molecule has 0 aliphatic carbocycles. The van der Waals surface area contributed by atoms with Gasteiger partial charge in [0, 0.05) is 18.3 Å². The number of hydrogen-bond donors (Lipinski definition) is 0. The van der Waals surface area contributed by atoms with E-state index < -0.39 is 10.6 Å². The summed E-state index contributed by atoms with van der Waals surface area (Å²) in [5.74, 6) is 0.00539. The Kier molecular flexibility index (Phi) is 2.74. The SMILES string of the molecule is CC[C@H]1[C@H]2O[C@H]3C[C@@H]1[C@](Br)(C(=O)OC)[C@H](O3)O2. The molecule has 0 aromatic heterocycles. The molecule has 4 aliphatic heterocycles. The molecule has 0 amide bonds. The van der Waals surface area contributed by atoms with Gasteiger partial charge in [0.05, 0.1) is 7.11 Å². The van der Waals surface area contributed by atoms with Crippen LogP contribution in [0, 0.1) is 11.8 Å². The predicted molar refractivity (Wildman–Crippen MR) is 60.2 cm³/mol. The molecule has 0 N–H and O–H groups in total. The van der Waals surface area contributed by atoms with Crippen LogP contribution >= 0.6 is 15.9 Å². The molecule has 0 spiro atoms. The molecular formula is C11H15BrO5. The zero-order chi connectivity index (χ0) is 12.2. The summed E-state index contributed by atoms with van der Waals surface area (Å²) < 4.78 is 20.8. The summed E-state index contributed by atoms with van der Waals surface area (Å²) in [6.45, 7) is 2.07. The Morgan fingerprint density at radius 3 is 2.88 bits per heavy atom. The Balaban J connectivity index is 1.98. The van der Waals surface area contributed by atoms with Crippen molar-refractivity contribution in [1.29, 1.82) is 0 Å². The number of carbonyl (C=O) groups excluding carboxylic acids is 1. The van der Waals surface area contributed by atoms with Gasteiger partial charge in [-0.3, -0.25) is 4.79 Å². The van der Waals surface area contributed by atoms with E-state index >= 15 is 0 Å². The molecule has 6 atom stereocenters. The van der Waals surface area contributed by atoms with E-state index in [4.69, 9.17) is 18.9 Å². The topological polar surface area (TPSA) is 54.0 Å². The van der Waals surface area contributed by atoms with Crippen LogP contribution in [0.3, 0.4) is 0 Å². The van der Waals surface area contributed by atoms with Gasteiger partial charge in [-0.05, 0) is 6.42 Å². The lowest BCUT2D eigenvalue weighted by atomic mass is 9.72. The highest BCUT2D eigenvalue weighted by atomic mass is 79.9. The van der Waals surface area contributed by atoms with Gasteiger partial charge >= 0.3 is 5.97 Å². The molecule has 0 aromatic rings. The van der Waals surface area contributed by atoms with Crippen molar-refractivity contribution in [2.75, 3.05) is 7.11 Å². The van der Waals surface area contributed by atoms with Crippen molar-refractivity contribution in [3.63, 3.8) is 0 Å². The summed E-state index contributed by atoms with van der Waals surface area (Å²) in [5, 5.41) is 0. The van der Waals surface area contributed by atoms with Crippen LogP contribution < -0.4 is 0 Å². The first-order chi connectivity index (χ1) is 8.11. The molecule has 4 saturated heterocycles. The van der Waals surface area contributed by atoms with Gasteiger partial charge in [0.25, 0.3) is 0 Å². The Morgan fingerprint density at radius 1 is 1.47 bits per heavy atom.